The number of para-hydroxylation sites is 1. The van der Waals surface area contributed by atoms with Crippen LogP contribution in [0.25, 0.3) is 10.9 Å². The van der Waals surface area contributed by atoms with E-state index in [0.29, 0.717) is 12.2 Å². The number of carbonyl (C=O) groups excluding carboxylic acids is 1. The topological polar surface area (TPSA) is 86.3 Å². The van der Waals surface area contributed by atoms with Gasteiger partial charge in [-0.3, -0.25) is 14.7 Å². The number of aromatic amines is 1. The van der Waals surface area contributed by atoms with E-state index in [4.69, 9.17) is 5.11 Å². The molecule has 6 heteroatoms. The molecule has 0 aliphatic carbocycles. The predicted molar refractivity (Wildman–Crippen MR) is 83.5 cm³/mol. The van der Waals surface area contributed by atoms with Gasteiger partial charge in [-0.15, -0.1) is 0 Å². The number of nitrogens with zero attached hydrogens (tertiary/aromatic N) is 2. The molecule has 1 aromatic heterocycles. The zero-order valence-corrected chi connectivity index (χ0v) is 13.1. The first kappa shape index (κ1) is 16.0. The highest BCUT2D eigenvalue weighted by molar-refractivity contribution is 5.88. The number of hydrogen-bond donors (Lipinski definition) is 2. The summed E-state index contributed by atoms with van der Waals surface area (Å²) in [5, 5.41) is 16.9. The van der Waals surface area contributed by atoms with Crippen LogP contribution < -0.4 is 0 Å². The summed E-state index contributed by atoms with van der Waals surface area (Å²) in [6.07, 6.45) is 0.115. The molecule has 0 bridgehead atoms. The minimum Gasteiger partial charge on any atom is -0.480 e. The largest absolute Gasteiger partial charge is 0.480 e. The Kier molecular flexibility index (Phi) is 4.49. The molecule has 2 N–H and O–H groups in total. The van der Waals surface area contributed by atoms with Gasteiger partial charge in [0.1, 0.15) is 6.54 Å². The molecule has 0 aliphatic rings. The van der Waals surface area contributed by atoms with Crippen molar-refractivity contribution in [2.45, 2.75) is 27.2 Å². The van der Waals surface area contributed by atoms with Crippen LogP contribution >= 0.6 is 0 Å². The first-order valence-corrected chi connectivity index (χ1v) is 7.18. The van der Waals surface area contributed by atoms with E-state index in [1.54, 1.807) is 0 Å². The number of H-pyrrole nitrogens is 1. The first-order valence-electron chi connectivity index (χ1n) is 7.18. The number of aliphatic carboxylic acids is 1. The van der Waals surface area contributed by atoms with Crippen LogP contribution in [0.4, 0.5) is 0 Å². The van der Waals surface area contributed by atoms with Gasteiger partial charge in [-0.1, -0.05) is 39.0 Å². The number of rotatable bonds is 5. The van der Waals surface area contributed by atoms with E-state index >= 15 is 0 Å². The van der Waals surface area contributed by atoms with Crippen LogP contribution in [0.1, 0.15) is 26.5 Å². The normalized spacial score (nSPS) is 11.6. The van der Waals surface area contributed by atoms with E-state index in [9.17, 15) is 9.59 Å². The minimum absolute atomic E-state index is 0.115. The number of hydrogen-bond acceptors (Lipinski definition) is 3. The van der Waals surface area contributed by atoms with Crippen LogP contribution in [-0.4, -0.2) is 45.2 Å². The predicted octanol–water partition coefficient (Wildman–Crippen LogP) is 2.06. The van der Waals surface area contributed by atoms with Gasteiger partial charge in [0, 0.05) is 11.9 Å². The second-order valence-electron chi connectivity index (χ2n) is 6.60. The monoisotopic (exact) mass is 303 g/mol. The molecule has 0 spiro atoms. The molecule has 6 nitrogen and oxygen atoms in total. The van der Waals surface area contributed by atoms with Crippen molar-refractivity contribution in [1.82, 2.24) is 15.1 Å². The highest BCUT2D eigenvalue weighted by Crippen LogP contribution is 2.19. The quantitative estimate of drug-likeness (QED) is 0.885. The number of carbonyl (C=O) groups is 2. The van der Waals surface area contributed by atoms with Gasteiger partial charge >= 0.3 is 5.97 Å². The maximum absolute atomic E-state index is 12.5. The summed E-state index contributed by atoms with van der Waals surface area (Å²) in [6.45, 7) is 6.02. The van der Waals surface area contributed by atoms with Crippen LogP contribution in [0.15, 0.2) is 24.3 Å². The van der Waals surface area contributed by atoms with E-state index in [1.807, 2.05) is 45.0 Å². The van der Waals surface area contributed by atoms with E-state index in [1.165, 1.54) is 4.90 Å². The van der Waals surface area contributed by atoms with Gasteiger partial charge in [0.05, 0.1) is 17.6 Å². The molecule has 0 radical (unpaired) electrons. The lowest BCUT2D eigenvalue weighted by atomic mass is 9.95. The Morgan fingerprint density at radius 2 is 1.95 bits per heavy atom. The van der Waals surface area contributed by atoms with Crippen LogP contribution in [0.2, 0.25) is 0 Å². The summed E-state index contributed by atoms with van der Waals surface area (Å²) in [6, 6.07) is 7.53. The van der Waals surface area contributed by atoms with Gasteiger partial charge in [0.25, 0.3) is 0 Å². The maximum atomic E-state index is 12.5. The fraction of sp³-hybridized carbons (Fsp3) is 0.438. The summed E-state index contributed by atoms with van der Waals surface area (Å²) in [4.78, 5) is 24.9. The molecular formula is C16H21N3O3. The van der Waals surface area contributed by atoms with E-state index in [0.717, 1.165) is 10.9 Å². The van der Waals surface area contributed by atoms with Gasteiger partial charge in [-0.2, -0.15) is 5.10 Å². The number of carboxylic acids is 1. The maximum Gasteiger partial charge on any atom is 0.323 e. The Bertz CT molecular complexity index is 685. The average molecular weight is 303 g/mol. The summed E-state index contributed by atoms with van der Waals surface area (Å²) in [7, 11) is 0. The molecule has 22 heavy (non-hydrogen) atoms. The molecule has 2 aromatic rings. The fourth-order valence-electron chi connectivity index (χ4n) is 2.38. The molecule has 0 fully saturated rings. The molecule has 0 saturated heterocycles. The van der Waals surface area contributed by atoms with Crippen LogP contribution in [0.3, 0.4) is 0 Å². The zero-order chi connectivity index (χ0) is 16.3. The van der Waals surface area contributed by atoms with Crippen molar-refractivity contribution in [3.05, 3.63) is 30.0 Å². The fourth-order valence-corrected chi connectivity index (χ4v) is 2.38. The molecule has 1 aromatic carbocycles. The number of nitrogens with one attached hydrogen (secondary N) is 1. The van der Waals surface area contributed by atoms with Gasteiger partial charge in [-0.05, 0) is 11.5 Å². The Balaban J connectivity index is 2.18. The Labute approximate surface area is 129 Å². The van der Waals surface area contributed by atoms with Gasteiger partial charge < -0.3 is 10.0 Å². The van der Waals surface area contributed by atoms with Crippen molar-refractivity contribution in [2.75, 3.05) is 13.1 Å². The SMILES string of the molecule is CC(C)(C)CN(CC(=O)O)C(=O)Cc1[nH]nc2ccccc12. The third-order valence-electron chi connectivity index (χ3n) is 3.21. The van der Waals surface area contributed by atoms with Gasteiger partial charge in [0.2, 0.25) is 5.91 Å². The first-order chi connectivity index (χ1) is 10.3. The zero-order valence-electron chi connectivity index (χ0n) is 13.1. The Morgan fingerprint density at radius 1 is 1.27 bits per heavy atom. The second-order valence-corrected chi connectivity index (χ2v) is 6.60. The molecule has 2 rings (SSSR count). The summed E-state index contributed by atoms with van der Waals surface area (Å²) in [5.74, 6) is -1.22. The molecule has 1 amide bonds. The number of amides is 1. The van der Waals surface area contributed by atoms with Gasteiger partial charge in [0.15, 0.2) is 0 Å². The third-order valence-corrected chi connectivity index (χ3v) is 3.21. The van der Waals surface area contributed by atoms with E-state index < -0.39 is 5.97 Å². The van der Waals surface area contributed by atoms with Crippen molar-refractivity contribution in [2.24, 2.45) is 5.41 Å². The van der Waals surface area contributed by atoms with Crippen molar-refractivity contribution >= 4 is 22.8 Å². The van der Waals surface area contributed by atoms with Gasteiger partial charge in [-0.25, -0.2) is 0 Å². The molecule has 0 saturated carbocycles. The molecule has 1 heterocycles. The molecule has 118 valence electrons. The number of fused-ring (bicyclic) bond motifs is 1. The molecule has 0 atom stereocenters. The summed E-state index contributed by atoms with van der Waals surface area (Å²) < 4.78 is 0. The number of benzene rings is 1. The lowest BCUT2D eigenvalue weighted by molar-refractivity contribution is -0.145. The van der Waals surface area contributed by atoms with Crippen LogP contribution in [-0.2, 0) is 16.0 Å². The van der Waals surface area contributed by atoms with Crippen LogP contribution in [0, 0.1) is 5.41 Å². The van der Waals surface area contributed by atoms with E-state index in [2.05, 4.69) is 10.2 Å². The second kappa shape index (κ2) is 6.17. The molecular weight excluding hydrogens is 282 g/mol. The van der Waals surface area contributed by atoms with Crippen molar-refractivity contribution in [3.8, 4) is 0 Å². The lowest BCUT2D eigenvalue weighted by Gasteiger charge is -2.28. The minimum atomic E-state index is -1.01. The average Bonchev–Trinajstić information content (AvgIpc) is 2.79. The summed E-state index contributed by atoms with van der Waals surface area (Å²) >= 11 is 0. The highest BCUT2D eigenvalue weighted by atomic mass is 16.4. The smallest absolute Gasteiger partial charge is 0.323 e. The third kappa shape index (κ3) is 4.07. The van der Waals surface area contributed by atoms with Crippen LogP contribution in [0.5, 0.6) is 0 Å². The highest BCUT2D eigenvalue weighted by Gasteiger charge is 2.24. The lowest BCUT2D eigenvalue weighted by Crippen LogP contribution is -2.41. The number of aromatic nitrogens is 2. The standard InChI is InChI=1S/C16H21N3O3/c1-16(2,3)10-19(9-15(21)22)14(20)8-13-11-6-4-5-7-12(11)17-18-13/h4-7H,8-10H2,1-3H3,(H,17,18)(H,21,22). The Morgan fingerprint density at radius 3 is 2.59 bits per heavy atom. The van der Waals surface area contributed by atoms with Crippen molar-refractivity contribution in [1.29, 1.82) is 0 Å². The Hall–Kier alpha value is -2.37. The number of carboxylic acid groups (broad SMARTS) is 1. The van der Waals surface area contributed by atoms with E-state index in [-0.39, 0.29) is 24.3 Å². The molecule has 0 unspecified atom stereocenters. The summed E-state index contributed by atoms with van der Waals surface area (Å²) in [5.41, 5.74) is 1.34. The van der Waals surface area contributed by atoms with Crippen molar-refractivity contribution < 1.29 is 14.7 Å². The molecule has 0 aliphatic heterocycles. The van der Waals surface area contributed by atoms with Crippen molar-refractivity contribution in [3.63, 3.8) is 0 Å².